The van der Waals surface area contributed by atoms with Crippen LogP contribution < -0.4 is 0 Å². The summed E-state index contributed by atoms with van der Waals surface area (Å²) in [7, 11) is 0. The third kappa shape index (κ3) is 3.67. The van der Waals surface area contributed by atoms with Crippen LogP contribution in [0.25, 0.3) is 6.08 Å². The lowest BCUT2D eigenvalue weighted by molar-refractivity contribution is 0.104. The van der Waals surface area contributed by atoms with Gasteiger partial charge in [0, 0.05) is 5.56 Å². The molecule has 0 aliphatic carbocycles. The molecule has 20 heavy (non-hydrogen) atoms. The number of ketones is 1. The molecule has 0 N–H and O–H groups in total. The normalized spacial score (nSPS) is 11.2. The van der Waals surface area contributed by atoms with Crippen molar-refractivity contribution in [2.24, 2.45) is 0 Å². The average molecular weight is 264 g/mol. The van der Waals surface area contributed by atoms with E-state index >= 15 is 0 Å². The largest absolute Gasteiger partial charge is 0.289 e. The van der Waals surface area contributed by atoms with Gasteiger partial charge in [-0.3, -0.25) is 4.79 Å². The zero-order chi connectivity index (χ0) is 14.5. The van der Waals surface area contributed by atoms with E-state index in [2.05, 4.69) is 38.1 Å². The van der Waals surface area contributed by atoms with E-state index in [0.29, 0.717) is 5.92 Å². The molecule has 0 atom stereocenters. The highest BCUT2D eigenvalue weighted by Gasteiger charge is 2.01. The van der Waals surface area contributed by atoms with Crippen LogP contribution in [0.3, 0.4) is 0 Å². The molecule has 2 aromatic carbocycles. The number of rotatable bonds is 4. The maximum atomic E-state index is 12.1. The Labute approximate surface area is 121 Å². The predicted molar refractivity (Wildman–Crippen MR) is 85.1 cm³/mol. The zero-order valence-electron chi connectivity index (χ0n) is 12.3. The molecule has 1 heteroatoms. The maximum Gasteiger partial charge on any atom is 0.185 e. The van der Waals surface area contributed by atoms with Crippen LogP contribution in [0.4, 0.5) is 0 Å². The van der Waals surface area contributed by atoms with Crippen molar-refractivity contribution < 1.29 is 4.79 Å². The van der Waals surface area contributed by atoms with Crippen LogP contribution in [0.2, 0.25) is 0 Å². The minimum absolute atomic E-state index is 0.0432. The summed E-state index contributed by atoms with van der Waals surface area (Å²) >= 11 is 0. The van der Waals surface area contributed by atoms with Crippen LogP contribution in [-0.2, 0) is 0 Å². The number of carbonyl (C=O) groups is 1. The molecule has 0 heterocycles. The fraction of sp³-hybridized carbons (Fsp3) is 0.211. The molecule has 0 unspecified atom stereocenters. The topological polar surface area (TPSA) is 17.1 Å². The Kier molecular flexibility index (Phi) is 4.52. The van der Waals surface area contributed by atoms with Gasteiger partial charge in [-0.15, -0.1) is 0 Å². The Morgan fingerprint density at radius 3 is 2.35 bits per heavy atom. The van der Waals surface area contributed by atoms with E-state index < -0.39 is 0 Å². The summed E-state index contributed by atoms with van der Waals surface area (Å²) in [5.41, 5.74) is 4.20. The van der Waals surface area contributed by atoms with Crippen LogP contribution in [0.1, 0.15) is 46.8 Å². The summed E-state index contributed by atoms with van der Waals surface area (Å²) in [4.78, 5) is 12.1. The smallest absolute Gasteiger partial charge is 0.185 e. The van der Waals surface area contributed by atoms with E-state index in [9.17, 15) is 4.79 Å². The molecule has 2 aromatic rings. The monoisotopic (exact) mass is 264 g/mol. The van der Waals surface area contributed by atoms with Crippen molar-refractivity contribution >= 4 is 11.9 Å². The van der Waals surface area contributed by atoms with Gasteiger partial charge in [0.05, 0.1) is 0 Å². The molecule has 102 valence electrons. The van der Waals surface area contributed by atoms with E-state index in [1.165, 1.54) is 5.56 Å². The first-order chi connectivity index (χ1) is 9.56. The molecular formula is C19H20O. The number of hydrogen-bond donors (Lipinski definition) is 0. The molecule has 0 aliphatic rings. The summed E-state index contributed by atoms with van der Waals surface area (Å²) in [6.07, 6.45) is 3.51. The van der Waals surface area contributed by atoms with Crippen molar-refractivity contribution in [1.82, 2.24) is 0 Å². The standard InChI is InChI=1S/C19H20O/c1-14(2)17-10-7-16(8-11-17)9-12-19(20)18-6-4-5-15(3)13-18/h4-14H,1-3H3. The lowest BCUT2D eigenvalue weighted by Gasteiger charge is -2.04. The highest BCUT2D eigenvalue weighted by molar-refractivity contribution is 6.06. The van der Waals surface area contributed by atoms with Crippen LogP contribution in [-0.4, -0.2) is 5.78 Å². The maximum absolute atomic E-state index is 12.1. The van der Waals surface area contributed by atoms with Gasteiger partial charge >= 0.3 is 0 Å². The summed E-state index contributed by atoms with van der Waals surface area (Å²) in [5.74, 6) is 0.573. The second kappa shape index (κ2) is 6.33. The van der Waals surface area contributed by atoms with Crippen LogP contribution in [0, 0.1) is 6.92 Å². The Morgan fingerprint density at radius 1 is 1.05 bits per heavy atom. The van der Waals surface area contributed by atoms with Gasteiger partial charge < -0.3 is 0 Å². The van der Waals surface area contributed by atoms with E-state index in [-0.39, 0.29) is 5.78 Å². The quantitative estimate of drug-likeness (QED) is 0.560. The van der Waals surface area contributed by atoms with Crippen molar-refractivity contribution in [1.29, 1.82) is 0 Å². The minimum atomic E-state index is 0.0432. The lowest BCUT2D eigenvalue weighted by Crippen LogP contribution is -1.94. The Morgan fingerprint density at radius 2 is 1.75 bits per heavy atom. The van der Waals surface area contributed by atoms with Crippen molar-refractivity contribution in [3.63, 3.8) is 0 Å². The SMILES string of the molecule is Cc1cccc(C(=O)C=Cc2ccc(C(C)C)cc2)c1. The molecule has 0 radical (unpaired) electrons. The number of hydrogen-bond acceptors (Lipinski definition) is 1. The third-order valence-corrected chi connectivity index (χ3v) is 3.33. The highest BCUT2D eigenvalue weighted by Crippen LogP contribution is 2.15. The number of carbonyl (C=O) groups excluding carboxylic acids is 1. The molecule has 0 aromatic heterocycles. The van der Waals surface area contributed by atoms with Crippen LogP contribution in [0.5, 0.6) is 0 Å². The Hall–Kier alpha value is -2.15. The molecule has 0 spiro atoms. The summed E-state index contributed by atoms with van der Waals surface area (Å²) in [5, 5.41) is 0. The average Bonchev–Trinajstić information content (AvgIpc) is 2.45. The van der Waals surface area contributed by atoms with Crippen molar-refractivity contribution in [3.05, 3.63) is 76.9 Å². The molecule has 2 rings (SSSR count). The molecule has 0 aliphatic heterocycles. The van der Waals surface area contributed by atoms with E-state index in [0.717, 1.165) is 16.7 Å². The van der Waals surface area contributed by atoms with Crippen LogP contribution >= 0.6 is 0 Å². The predicted octanol–water partition coefficient (Wildman–Crippen LogP) is 5.01. The van der Waals surface area contributed by atoms with Crippen LogP contribution in [0.15, 0.2) is 54.6 Å². The van der Waals surface area contributed by atoms with Gasteiger partial charge in [-0.25, -0.2) is 0 Å². The number of aryl methyl sites for hydroxylation is 1. The fourth-order valence-electron chi connectivity index (χ4n) is 2.06. The summed E-state index contributed by atoms with van der Waals surface area (Å²) < 4.78 is 0. The number of allylic oxidation sites excluding steroid dienone is 1. The molecule has 0 amide bonds. The Balaban J connectivity index is 2.11. The number of benzene rings is 2. The molecule has 0 bridgehead atoms. The van der Waals surface area contributed by atoms with Gasteiger partial charge in [0.15, 0.2) is 5.78 Å². The molecule has 1 nitrogen and oxygen atoms in total. The van der Waals surface area contributed by atoms with Gasteiger partial charge in [-0.1, -0.05) is 68.0 Å². The minimum Gasteiger partial charge on any atom is -0.289 e. The molecule has 0 saturated carbocycles. The lowest BCUT2D eigenvalue weighted by atomic mass is 10.0. The summed E-state index contributed by atoms with van der Waals surface area (Å²) in [6.45, 7) is 6.34. The van der Waals surface area contributed by atoms with E-state index in [1.54, 1.807) is 6.08 Å². The summed E-state index contributed by atoms with van der Waals surface area (Å²) in [6, 6.07) is 16.0. The first kappa shape index (κ1) is 14.3. The second-order valence-corrected chi connectivity index (χ2v) is 5.39. The highest BCUT2D eigenvalue weighted by atomic mass is 16.1. The first-order valence-electron chi connectivity index (χ1n) is 6.95. The van der Waals surface area contributed by atoms with Crippen molar-refractivity contribution in [2.75, 3.05) is 0 Å². The second-order valence-electron chi connectivity index (χ2n) is 5.39. The molecular weight excluding hydrogens is 244 g/mol. The van der Waals surface area contributed by atoms with E-state index in [4.69, 9.17) is 0 Å². The fourth-order valence-corrected chi connectivity index (χ4v) is 2.06. The zero-order valence-corrected chi connectivity index (χ0v) is 12.3. The molecule has 0 fully saturated rings. The van der Waals surface area contributed by atoms with Crippen molar-refractivity contribution in [2.45, 2.75) is 26.7 Å². The van der Waals surface area contributed by atoms with Gasteiger partial charge in [0.2, 0.25) is 0 Å². The van der Waals surface area contributed by atoms with Gasteiger partial charge in [0.1, 0.15) is 0 Å². The van der Waals surface area contributed by atoms with E-state index in [1.807, 2.05) is 37.3 Å². The van der Waals surface area contributed by atoms with Crippen molar-refractivity contribution in [3.8, 4) is 0 Å². The molecule has 0 saturated heterocycles. The Bertz CT molecular complexity index is 618. The van der Waals surface area contributed by atoms with Gasteiger partial charge in [0.25, 0.3) is 0 Å². The first-order valence-corrected chi connectivity index (χ1v) is 6.95. The van der Waals surface area contributed by atoms with Gasteiger partial charge in [-0.2, -0.15) is 0 Å². The third-order valence-electron chi connectivity index (χ3n) is 3.33. The van der Waals surface area contributed by atoms with Gasteiger partial charge in [-0.05, 0) is 36.1 Å².